The monoisotopic (exact) mass is 494 g/mol. The number of hydrogen-bond acceptors (Lipinski definition) is 4. The molecule has 26 heavy (non-hydrogen) atoms. The summed E-state index contributed by atoms with van der Waals surface area (Å²) in [4.78, 5) is 6.65. The number of nitrogens with zero attached hydrogens (tertiary/aromatic N) is 2. The summed E-state index contributed by atoms with van der Waals surface area (Å²) in [6, 6.07) is 6.09. The predicted octanol–water partition coefficient (Wildman–Crippen LogP) is 2.75. The van der Waals surface area contributed by atoms with Crippen molar-refractivity contribution in [3.63, 3.8) is 0 Å². The zero-order valence-corrected chi connectivity index (χ0v) is 18.4. The molecule has 0 spiro atoms. The van der Waals surface area contributed by atoms with Gasteiger partial charge >= 0.3 is 0 Å². The number of methoxy groups -OCH3 is 1. The maximum Gasteiger partial charge on any atom is 0.191 e. The molecular formula is C18H28ClIN4O2. The van der Waals surface area contributed by atoms with Gasteiger partial charge in [0.1, 0.15) is 5.75 Å². The molecule has 2 N–H and O–H groups in total. The molecule has 8 heteroatoms. The topological polar surface area (TPSA) is 58.1 Å². The minimum absolute atomic E-state index is 0. The van der Waals surface area contributed by atoms with E-state index < -0.39 is 0 Å². The van der Waals surface area contributed by atoms with Gasteiger partial charge < -0.3 is 25.0 Å². The number of ether oxygens (including phenoxy) is 2. The van der Waals surface area contributed by atoms with Crippen LogP contribution in [-0.4, -0.2) is 59.0 Å². The van der Waals surface area contributed by atoms with Gasteiger partial charge in [0.25, 0.3) is 0 Å². The Labute approximate surface area is 177 Å². The highest BCUT2D eigenvalue weighted by Crippen LogP contribution is 2.33. The lowest BCUT2D eigenvalue weighted by atomic mass is 10.1. The van der Waals surface area contributed by atoms with Gasteiger partial charge in [-0.3, -0.25) is 4.99 Å². The molecule has 0 radical (unpaired) electrons. The number of halogens is 2. The van der Waals surface area contributed by atoms with Gasteiger partial charge in [0.15, 0.2) is 5.96 Å². The summed E-state index contributed by atoms with van der Waals surface area (Å²) in [5.74, 6) is 2.29. The van der Waals surface area contributed by atoms with Crippen LogP contribution in [0.25, 0.3) is 0 Å². The molecule has 2 unspecified atom stereocenters. The highest BCUT2D eigenvalue weighted by Gasteiger charge is 2.26. The average molecular weight is 495 g/mol. The second-order valence-electron chi connectivity index (χ2n) is 6.57. The molecule has 1 aromatic carbocycles. The molecule has 0 amide bonds. The number of nitrogens with one attached hydrogen (secondary N) is 2. The van der Waals surface area contributed by atoms with E-state index in [0.29, 0.717) is 12.0 Å². The van der Waals surface area contributed by atoms with E-state index in [-0.39, 0.29) is 24.0 Å². The second-order valence-corrected chi connectivity index (χ2v) is 7.01. The van der Waals surface area contributed by atoms with E-state index >= 15 is 0 Å². The van der Waals surface area contributed by atoms with Crippen LogP contribution in [0.5, 0.6) is 5.75 Å². The van der Waals surface area contributed by atoms with Crippen LogP contribution in [0.15, 0.2) is 23.2 Å². The summed E-state index contributed by atoms with van der Waals surface area (Å²) in [5, 5.41) is 7.67. The highest BCUT2D eigenvalue weighted by atomic mass is 127. The SMILES string of the molecule is CN=C(NCC1CCOC1)NC1CCN(c2cc(Cl)ccc2OC)C1.I. The van der Waals surface area contributed by atoms with E-state index in [9.17, 15) is 0 Å². The van der Waals surface area contributed by atoms with Crippen molar-refractivity contribution in [1.29, 1.82) is 0 Å². The van der Waals surface area contributed by atoms with Crippen molar-refractivity contribution < 1.29 is 9.47 Å². The summed E-state index contributed by atoms with van der Waals surface area (Å²) in [6.07, 6.45) is 2.17. The predicted molar refractivity (Wildman–Crippen MR) is 117 cm³/mol. The Morgan fingerprint density at radius 3 is 2.96 bits per heavy atom. The summed E-state index contributed by atoms with van der Waals surface area (Å²) in [7, 11) is 3.50. The Morgan fingerprint density at radius 2 is 2.27 bits per heavy atom. The minimum Gasteiger partial charge on any atom is -0.495 e. The van der Waals surface area contributed by atoms with E-state index in [0.717, 1.165) is 68.1 Å². The fraction of sp³-hybridized carbons (Fsp3) is 0.611. The molecule has 2 aliphatic rings. The number of benzene rings is 1. The number of hydrogen-bond donors (Lipinski definition) is 2. The molecular weight excluding hydrogens is 467 g/mol. The summed E-state index contributed by atoms with van der Waals surface area (Å²) in [5.41, 5.74) is 1.05. The van der Waals surface area contributed by atoms with E-state index in [4.69, 9.17) is 21.1 Å². The van der Waals surface area contributed by atoms with Crippen molar-refractivity contribution in [2.24, 2.45) is 10.9 Å². The first-order valence-electron chi connectivity index (χ1n) is 8.83. The molecule has 2 heterocycles. The van der Waals surface area contributed by atoms with Crippen LogP contribution in [0.2, 0.25) is 5.02 Å². The van der Waals surface area contributed by atoms with Crippen molar-refractivity contribution in [2.45, 2.75) is 18.9 Å². The lowest BCUT2D eigenvalue weighted by Crippen LogP contribution is -2.46. The van der Waals surface area contributed by atoms with E-state index in [2.05, 4.69) is 20.5 Å². The van der Waals surface area contributed by atoms with Gasteiger partial charge in [-0.15, -0.1) is 24.0 Å². The van der Waals surface area contributed by atoms with Crippen molar-refractivity contribution in [3.8, 4) is 5.75 Å². The summed E-state index contributed by atoms with van der Waals surface area (Å²) < 4.78 is 10.9. The van der Waals surface area contributed by atoms with Gasteiger partial charge in [-0.25, -0.2) is 0 Å². The van der Waals surface area contributed by atoms with Crippen molar-refractivity contribution >= 4 is 47.2 Å². The molecule has 6 nitrogen and oxygen atoms in total. The highest BCUT2D eigenvalue weighted by molar-refractivity contribution is 14.0. The third-order valence-electron chi connectivity index (χ3n) is 4.82. The van der Waals surface area contributed by atoms with Crippen molar-refractivity contribution in [1.82, 2.24) is 10.6 Å². The number of rotatable bonds is 5. The zero-order chi connectivity index (χ0) is 17.6. The maximum absolute atomic E-state index is 6.16. The van der Waals surface area contributed by atoms with Crippen LogP contribution in [0, 0.1) is 5.92 Å². The Hall–Kier alpha value is -0.930. The minimum atomic E-state index is 0. The van der Waals surface area contributed by atoms with Crippen LogP contribution in [0.3, 0.4) is 0 Å². The standard InChI is InChI=1S/C18H27ClN4O2.HI/c1-20-18(21-10-13-6-8-25-12-13)22-15-5-7-23(11-15)16-9-14(19)3-4-17(16)24-2;/h3-4,9,13,15H,5-8,10-12H2,1-2H3,(H2,20,21,22);1H. The molecule has 2 saturated heterocycles. The Bertz CT molecular complexity index is 611. The van der Waals surface area contributed by atoms with Crippen LogP contribution in [0.1, 0.15) is 12.8 Å². The lowest BCUT2D eigenvalue weighted by Gasteiger charge is -2.22. The molecule has 1 aromatic rings. The molecule has 0 aromatic heterocycles. The quantitative estimate of drug-likeness (QED) is 0.375. The Kier molecular flexibility index (Phi) is 8.56. The smallest absolute Gasteiger partial charge is 0.191 e. The molecule has 0 saturated carbocycles. The van der Waals surface area contributed by atoms with E-state index in [1.807, 2.05) is 25.2 Å². The van der Waals surface area contributed by atoms with E-state index in [1.165, 1.54) is 0 Å². The van der Waals surface area contributed by atoms with Crippen molar-refractivity contribution in [3.05, 3.63) is 23.2 Å². The maximum atomic E-state index is 6.16. The van der Waals surface area contributed by atoms with Gasteiger partial charge in [-0.05, 0) is 31.0 Å². The van der Waals surface area contributed by atoms with Crippen molar-refractivity contribution in [2.75, 3.05) is 51.9 Å². The number of guanidine groups is 1. The Morgan fingerprint density at radius 1 is 1.42 bits per heavy atom. The lowest BCUT2D eigenvalue weighted by molar-refractivity contribution is 0.186. The second kappa shape index (κ2) is 10.4. The molecule has 2 aliphatic heterocycles. The molecule has 0 bridgehead atoms. The molecule has 0 aliphatic carbocycles. The van der Waals surface area contributed by atoms with E-state index in [1.54, 1.807) is 7.11 Å². The molecule has 3 rings (SSSR count). The molecule has 146 valence electrons. The van der Waals surface area contributed by atoms with Crippen LogP contribution in [-0.2, 0) is 4.74 Å². The van der Waals surface area contributed by atoms with Gasteiger partial charge in [0.2, 0.25) is 0 Å². The largest absolute Gasteiger partial charge is 0.495 e. The number of anilines is 1. The molecule has 2 fully saturated rings. The van der Waals surface area contributed by atoms with Crippen LogP contribution < -0.4 is 20.3 Å². The van der Waals surface area contributed by atoms with Gasteiger partial charge in [0, 0.05) is 50.3 Å². The normalized spacial score (nSPS) is 22.9. The summed E-state index contributed by atoms with van der Waals surface area (Å²) in [6.45, 7) is 4.47. The third-order valence-corrected chi connectivity index (χ3v) is 5.05. The fourth-order valence-electron chi connectivity index (χ4n) is 3.38. The molecule has 2 atom stereocenters. The number of aliphatic imine (C=N–C) groups is 1. The first-order chi connectivity index (χ1) is 12.2. The van der Waals surface area contributed by atoms with Gasteiger partial charge in [0.05, 0.1) is 19.4 Å². The first kappa shape index (κ1) is 21.4. The average Bonchev–Trinajstić information content (AvgIpc) is 3.30. The Balaban J connectivity index is 0.00000243. The first-order valence-corrected chi connectivity index (χ1v) is 9.21. The third kappa shape index (κ3) is 5.53. The fourth-order valence-corrected chi connectivity index (χ4v) is 3.55. The zero-order valence-electron chi connectivity index (χ0n) is 15.3. The van der Waals surface area contributed by atoms with Gasteiger partial charge in [-0.1, -0.05) is 11.6 Å². The van der Waals surface area contributed by atoms with Crippen LogP contribution in [0.4, 0.5) is 5.69 Å². The van der Waals surface area contributed by atoms with Gasteiger partial charge in [-0.2, -0.15) is 0 Å². The summed E-state index contributed by atoms with van der Waals surface area (Å²) >= 11 is 6.16. The van der Waals surface area contributed by atoms with Crippen LogP contribution >= 0.6 is 35.6 Å².